The quantitative estimate of drug-likeness (QED) is 0.717. The lowest BCUT2D eigenvalue weighted by Crippen LogP contribution is -2.37. The highest BCUT2D eigenvalue weighted by Gasteiger charge is 2.45. The highest BCUT2D eigenvalue weighted by molar-refractivity contribution is 6.27. The molecule has 0 amide bonds. The monoisotopic (exact) mass is 271 g/mol. The second kappa shape index (κ2) is 7.13. The summed E-state index contributed by atoms with van der Waals surface area (Å²) in [6.07, 6.45) is 6.10. The molecule has 2 aliphatic rings. The van der Waals surface area contributed by atoms with Gasteiger partial charge >= 0.3 is 15.9 Å². The van der Waals surface area contributed by atoms with E-state index in [1.807, 2.05) is 0 Å². The third kappa shape index (κ3) is 3.25. The lowest BCUT2D eigenvalue weighted by Gasteiger charge is -2.34. The molecule has 2 N–H and O–H groups in total. The van der Waals surface area contributed by atoms with Crippen LogP contribution in [0.15, 0.2) is 0 Å². The molecule has 1 aliphatic heterocycles. The van der Waals surface area contributed by atoms with E-state index >= 15 is 0 Å². The molecular weight excluding hydrogens is 251 g/mol. The minimum atomic E-state index is -0.931. The van der Waals surface area contributed by atoms with Crippen molar-refractivity contribution in [2.75, 3.05) is 0 Å². The average molecular weight is 271 g/mol. The molecule has 101 valence electrons. The van der Waals surface area contributed by atoms with Gasteiger partial charge in [-0.1, -0.05) is 26.2 Å². The Morgan fingerprint density at radius 2 is 1.94 bits per heavy atom. The van der Waals surface area contributed by atoms with Gasteiger partial charge in [-0.15, -0.1) is 0 Å². The molecule has 1 radical (unpaired) electrons. The first-order valence-corrected chi connectivity index (χ1v) is 7.41. The minimum absolute atomic E-state index is 0. The van der Waals surface area contributed by atoms with Gasteiger partial charge in [-0.05, 0) is 25.2 Å². The summed E-state index contributed by atoms with van der Waals surface area (Å²) in [7, 11) is 0. The van der Waals surface area contributed by atoms with Crippen molar-refractivity contribution in [3.63, 3.8) is 0 Å². The zero-order valence-electron chi connectivity index (χ0n) is 10.7. The van der Waals surface area contributed by atoms with Gasteiger partial charge in [0.25, 0.3) is 11.9 Å². The fourth-order valence-electron chi connectivity index (χ4n) is 2.98. The van der Waals surface area contributed by atoms with Gasteiger partial charge in [0.2, 0.25) is 0 Å². The van der Waals surface area contributed by atoms with E-state index in [1.54, 1.807) is 0 Å². The normalized spacial score (nSPS) is 31.1. The Bertz CT molecular complexity index is 307. The SMILES string of the molecule is CCCCC1CCCC2C(=O)[O][Al][O]C(=O)C12.O. The molecule has 0 spiro atoms. The van der Waals surface area contributed by atoms with Gasteiger partial charge < -0.3 is 13.1 Å². The number of hydrogen-bond acceptors (Lipinski definition) is 4. The molecule has 18 heavy (non-hydrogen) atoms. The van der Waals surface area contributed by atoms with Crippen LogP contribution in [-0.2, 0) is 17.2 Å². The number of carbonyl (C=O) groups is 2. The third-order valence-electron chi connectivity index (χ3n) is 3.86. The first kappa shape index (κ1) is 15.5. The van der Waals surface area contributed by atoms with Gasteiger partial charge in [0.1, 0.15) is 0 Å². The number of carbonyl (C=O) groups excluding carboxylic acids is 2. The molecule has 1 saturated carbocycles. The molecule has 2 fully saturated rings. The lowest BCUT2D eigenvalue weighted by molar-refractivity contribution is -0.149. The van der Waals surface area contributed by atoms with Crippen molar-refractivity contribution in [1.29, 1.82) is 0 Å². The molecule has 3 unspecified atom stereocenters. The van der Waals surface area contributed by atoms with Crippen LogP contribution in [0, 0.1) is 17.8 Å². The second-order valence-electron chi connectivity index (χ2n) is 4.94. The van der Waals surface area contributed by atoms with Crippen molar-refractivity contribution in [2.24, 2.45) is 17.8 Å². The van der Waals surface area contributed by atoms with Crippen molar-refractivity contribution in [3.8, 4) is 0 Å². The first-order valence-electron chi connectivity index (χ1n) is 6.46. The molecule has 3 atom stereocenters. The fourth-order valence-corrected chi connectivity index (χ4v) is 3.55. The summed E-state index contributed by atoms with van der Waals surface area (Å²) in [5, 5.41) is 0. The highest BCUT2D eigenvalue weighted by Crippen LogP contribution is 2.40. The molecule has 1 heterocycles. The number of rotatable bonds is 3. The van der Waals surface area contributed by atoms with Crippen molar-refractivity contribution in [3.05, 3.63) is 0 Å². The Kier molecular flexibility index (Phi) is 6.13. The predicted molar refractivity (Wildman–Crippen MR) is 65.4 cm³/mol. The molecule has 6 heteroatoms. The maximum Gasteiger partial charge on any atom is 0.885 e. The topological polar surface area (TPSA) is 84.1 Å². The van der Waals surface area contributed by atoms with Gasteiger partial charge in [0.15, 0.2) is 0 Å². The van der Waals surface area contributed by atoms with Gasteiger partial charge in [-0.3, -0.25) is 9.59 Å². The van der Waals surface area contributed by atoms with Crippen molar-refractivity contribution in [1.82, 2.24) is 0 Å². The lowest BCUT2D eigenvalue weighted by atomic mass is 9.70. The standard InChI is InChI=1S/C12H20O4.Al.H2O/c1-2-3-5-8-6-4-7-9(11(13)14)10(8)12(15)16;;/h8-10H,2-7H2,1H3,(H,13,14)(H,15,16);;1H2/q;+2;/p-2. The van der Waals surface area contributed by atoms with Crippen LogP contribution in [0.4, 0.5) is 0 Å². The largest absolute Gasteiger partial charge is 0.885 e. The highest BCUT2D eigenvalue weighted by atomic mass is 27.2. The maximum absolute atomic E-state index is 11.9. The van der Waals surface area contributed by atoms with Crippen LogP contribution in [0.2, 0.25) is 0 Å². The van der Waals surface area contributed by atoms with E-state index in [0.29, 0.717) is 5.92 Å². The Hall–Kier alpha value is -0.568. The fraction of sp³-hybridized carbons (Fsp3) is 0.833. The average Bonchev–Trinajstić information content (AvgIpc) is 2.48. The van der Waals surface area contributed by atoms with Crippen LogP contribution in [0.5, 0.6) is 0 Å². The summed E-state index contributed by atoms with van der Waals surface area (Å²) in [4.78, 5) is 23.7. The van der Waals surface area contributed by atoms with Crippen LogP contribution >= 0.6 is 0 Å². The van der Waals surface area contributed by atoms with Crippen LogP contribution in [0.1, 0.15) is 45.4 Å². The summed E-state index contributed by atoms with van der Waals surface area (Å²) < 4.78 is 10.1. The van der Waals surface area contributed by atoms with Crippen molar-refractivity contribution < 1.29 is 22.6 Å². The van der Waals surface area contributed by atoms with E-state index in [9.17, 15) is 9.59 Å². The third-order valence-corrected chi connectivity index (χ3v) is 4.52. The van der Waals surface area contributed by atoms with E-state index in [-0.39, 0.29) is 29.3 Å². The molecule has 0 bridgehead atoms. The van der Waals surface area contributed by atoms with Gasteiger partial charge in [0, 0.05) is 0 Å². The van der Waals surface area contributed by atoms with Crippen LogP contribution < -0.4 is 0 Å². The summed E-state index contributed by atoms with van der Waals surface area (Å²) in [6, 6.07) is 0. The Balaban J connectivity index is 0.00000162. The van der Waals surface area contributed by atoms with E-state index in [2.05, 4.69) is 6.92 Å². The van der Waals surface area contributed by atoms with Crippen LogP contribution in [0.25, 0.3) is 0 Å². The zero-order valence-corrected chi connectivity index (χ0v) is 11.8. The van der Waals surface area contributed by atoms with Crippen LogP contribution in [0.3, 0.4) is 0 Å². The van der Waals surface area contributed by atoms with Gasteiger partial charge in [-0.2, -0.15) is 0 Å². The smallest absolute Gasteiger partial charge is 0.589 e. The molecule has 0 aromatic heterocycles. The number of fused-ring (bicyclic) bond motifs is 1. The minimum Gasteiger partial charge on any atom is -0.589 e. The summed E-state index contributed by atoms with van der Waals surface area (Å²) in [5.74, 6) is -0.578. The molecule has 1 saturated heterocycles. The molecule has 0 aromatic carbocycles. The molecule has 5 nitrogen and oxygen atoms in total. The first-order chi connectivity index (χ1) is 8.24. The van der Waals surface area contributed by atoms with Gasteiger partial charge in [0.05, 0.1) is 11.8 Å². The van der Waals surface area contributed by atoms with Crippen molar-refractivity contribution in [2.45, 2.75) is 45.4 Å². The van der Waals surface area contributed by atoms with E-state index in [4.69, 9.17) is 7.58 Å². The van der Waals surface area contributed by atoms with E-state index in [1.165, 1.54) is 0 Å². The van der Waals surface area contributed by atoms with Gasteiger partial charge in [-0.25, -0.2) is 0 Å². The summed E-state index contributed by atoms with van der Waals surface area (Å²) in [5.41, 5.74) is 0. The molecule has 0 aromatic rings. The number of hydrogen-bond donors (Lipinski definition) is 0. The second-order valence-corrected chi connectivity index (χ2v) is 5.60. The van der Waals surface area contributed by atoms with Crippen LogP contribution in [-0.4, -0.2) is 33.3 Å². The number of unbranched alkanes of at least 4 members (excludes halogenated alkanes) is 1. The Morgan fingerprint density at radius 1 is 1.22 bits per heavy atom. The Labute approximate surface area is 114 Å². The summed E-state index contributed by atoms with van der Waals surface area (Å²) in [6.45, 7) is 2.14. The van der Waals surface area contributed by atoms with E-state index in [0.717, 1.165) is 38.5 Å². The maximum atomic E-state index is 11.9. The summed E-state index contributed by atoms with van der Waals surface area (Å²) >= 11 is -0.931. The zero-order chi connectivity index (χ0) is 12.3. The molecule has 1 aliphatic carbocycles. The predicted octanol–water partition coefficient (Wildman–Crippen LogP) is 1.02. The van der Waals surface area contributed by atoms with E-state index < -0.39 is 15.9 Å². The van der Waals surface area contributed by atoms with Crippen molar-refractivity contribution >= 4 is 27.8 Å². The molecule has 2 rings (SSSR count). The Morgan fingerprint density at radius 3 is 2.67 bits per heavy atom. The molecular formula is C12H20AlO5.